The summed E-state index contributed by atoms with van der Waals surface area (Å²) in [5, 5.41) is 4.61. The van der Waals surface area contributed by atoms with E-state index in [9.17, 15) is 4.39 Å². The first-order valence-electron chi connectivity index (χ1n) is 8.62. The van der Waals surface area contributed by atoms with Crippen molar-refractivity contribution in [3.05, 3.63) is 76.6 Å². The lowest BCUT2D eigenvalue weighted by molar-refractivity contribution is 0.368. The van der Waals surface area contributed by atoms with E-state index in [1.54, 1.807) is 12.4 Å². The number of hydrogen-bond donors (Lipinski definition) is 2. The number of methoxy groups -OCH3 is 1. The van der Waals surface area contributed by atoms with Gasteiger partial charge in [-0.2, -0.15) is 0 Å². The molecule has 0 fully saturated rings. The summed E-state index contributed by atoms with van der Waals surface area (Å²) in [6.07, 6.45) is 5.88. The van der Waals surface area contributed by atoms with Crippen molar-refractivity contribution < 1.29 is 9.13 Å². The van der Waals surface area contributed by atoms with Gasteiger partial charge in [-0.25, -0.2) is 19.3 Å². The molecule has 0 aliphatic rings. The Hall–Kier alpha value is -3.19. The maximum absolute atomic E-state index is 13.7. The van der Waals surface area contributed by atoms with E-state index in [0.717, 1.165) is 22.2 Å². The Morgan fingerprint density at radius 3 is 2.89 bits per heavy atom. The van der Waals surface area contributed by atoms with Gasteiger partial charge in [-0.05, 0) is 41.0 Å². The molecule has 0 aliphatic heterocycles. The van der Waals surface area contributed by atoms with Crippen LogP contribution >= 0.6 is 11.6 Å². The van der Waals surface area contributed by atoms with Crippen molar-refractivity contribution >= 4 is 28.5 Å². The van der Waals surface area contributed by atoms with Gasteiger partial charge < -0.3 is 15.0 Å². The highest BCUT2D eigenvalue weighted by molar-refractivity contribution is 6.30. The molecule has 0 amide bonds. The second-order valence-electron chi connectivity index (χ2n) is 6.22. The van der Waals surface area contributed by atoms with Gasteiger partial charge in [0, 0.05) is 36.9 Å². The van der Waals surface area contributed by atoms with E-state index < -0.39 is 5.82 Å². The number of hydrogen-bond acceptors (Lipinski definition) is 5. The Morgan fingerprint density at radius 1 is 1.21 bits per heavy atom. The van der Waals surface area contributed by atoms with Gasteiger partial charge in [-0.1, -0.05) is 17.7 Å². The topological polar surface area (TPSA) is 75.7 Å². The molecule has 0 radical (unpaired) electrons. The average Bonchev–Trinajstić information content (AvgIpc) is 3.11. The molecule has 0 bridgehead atoms. The fourth-order valence-corrected chi connectivity index (χ4v) is 3.18. The van der Waals surface area contributed by atoms with Crippen LogP contribution in [0, 0.1) is 5.82 Å². The lowest BCUT2D eigenvalue weighted by Gasteiger charge is -2.09. The number of halogens is 2. The first-order valence-corrected chi connectivity index (χ1v) is 9.00. The van der Waals surface area contributed by atoms with E-state index in [-0.39, 0.29) is 5.88 Å². The highest BCUT2D eigenvalue weighted by Gasteiger charge is 2.10. The van der Waals surface area contributed by atoms with E-state index in [1.165, 1.54) is 13.2 Å². The van der Waals surface area contributed by atoms with Crippen molar-refractivity contribution in [3.63, 3.8) is 0 Å². The molecule has 0 atom stereocenters. The standard InChI is InChI=1S/C20H17ClFN5O/c1-28-20-16(22)7-12(10-26-20)9-24-17-5-4-13(18(21)27-17)8-14-11-25-19-15(14)3-2-6-23-19/h2-7,10-11H,8-9H2,1H3,(H,23,25)(H,24,27). The Kier molecular flexibility index (Phi) is 5.08. The minimum Gasteiger partial charge on any atom is -0.479 e. The van der Waals surface area contributed by atoms with Crippen LogP contribution in [0.3, 0.4) is 0 Å². The number of ether oxygens (including phenoxy) is 1. The second kappa shape index (κ2) is 7.82. The van der Waals surface area contributed by atoms with E-state index in [1.807, 2.05) is 30.5 Å². The Labute approximate surface area is 165 Å². The Bertz CT molecular complexity index is 1130. The molecular weight excluding hydrogens is 381 g/mol. The average molecular weight is 398 g/mol. The monoisotopic (exact) mass is 397 g/mol. The molecule has 4 rings (SSSR count). The highest BCUT2D eigenvalue weighted by Crippen LogP contribution is 2.24. The van der Waals surface area contributed by atoms with Crippen molar-refractivity contribution in [2.75, 3.05) is 12.4 Å². The number of nitrogens with one attached hydrogen (secondary N) is 2. The third-order valence-corrected chi connectivity index (χ3v) is 4.70. The number of nitrogens with zero attached hydrogens (tertiary/aromatic N) is 3. The van der Waals surface area contributed by atoms with Crippen LogP contribution in [0.4, 0.5) is 10.2 Å². The number of aromatic nitrogens is 4. The lowest BCUT2D eigenvalue weighted by atomic mass is 10.1. The normalized spacial score (nSPS) is 11.0. The van der Waals surface area contributed by atoms with Crippen LogP contribution in [0.5, 0.6) is 5.88 Å². The van der Waals surface area contributed by atoms with Crippen molar-refractivity contribution in [2.45, 2.75) is 13.0 Å². The van der Waals surface area contributed by atoms with Gasteiger partial charge in [0.15, 0.2) is 5.82 Å². The van der Waals surface area contributed by atoms with Crippen LogP contribution in [-0.2, 0) is 13.0 Å². The zero-order chi connectivity index (χ0) is 19.5. The molecule has 28 heavy (non-hydrogen) atoms. The molecular formula is C20H17ClFN5O. The minimum absolute atomic E-state index is 0.0262. The quantitative estimate of drug-likeness (QED) is 0.473. The lowest BCUT2D eigenvalue weighted by Crippen LogP contribution is -2.04. The number of H-pyrrole nitrogens is 1. The van der Waals surface area contributed by atoms with Crippen molar-refractivity contribution in [2.24, 2.45) is 0 Å². The molecule has 4 aromatic rings. The van der Waals surface area contributed by atoms with Gasteiger partial charge in [0.05, 0.1) is 7.11 Å². The predicted molar refractivity (Wildman–Crippen MR) is 106 cm³/mol. The van der Waals surface area contributed by atoms with E-state index in [2.05, 4.69) is 25.3 Å². The summed E-state index contributed by atoms with van der Waals surface area (Å²) in [5.74, 6) is 0.0729. The van der Waals surface area contributed by atoms with E-state index >= 15 is 0 Å². The summed E-state index contributed by atoms with van der Waals surface area (Å²) < 4.78 is 18.5. The van der Waals surface area contributed by atoms with Crippen LogP contribution in [0.1, 0.15) is 16.7 Å². The summed E-state index contributed by atoms with van der Waals surface area (Å²) in [5.41, 5.74) is 3.54. The zero-order valence-electron chi connectivity index (χ0n) is 15.0. The van der Waals surface area contributed by atoms with E-state index in [0.29, 0.717) is 29.5 Å². The first-order chi connectivity index (χ1) is 13.6. The SMILES string of the molecule is COc1ncc(CNc2ccc(Cc3c[nH]c4ncccc34)c(Cl)n2)cc1F. The van der Waals surface area contributed by atoms with Gasteiger partial charge in [0.1, 0.15) is 16.6 Å². The van der Waals surface area contributed by atoms with Gasteiger partial charge in [0.25, 0.3) is 0 Å². The fraction of sp³-hybridized carbons (Fsp3) is 0.150. The summed E-state index contributed by atoms with van der Waals surface area (Å²) in [7, 11) is 1.38. The Balaban J connectivity index is 1.46. The number of rotatable bonds is 6. The van der Waals surface area contributed by atoms with Crippen molar-refractivity contribution in [1.29, 1.82) is 0 Å². The molecule has 0 saturated heterocycles. The molecule has 0 spiro atoms. The molecule has 0 aromatic carbocycles. The van der Waals surface area contributed by atoms with Gasteiger partial charge in [-0.15, -0.1) is 0 Å². The zero-order valence-corrected chi connectivity index (χ0v) is 15.8. The molecule has 2 N–H and O–H groups in total. The predicted octanol–water partition coefficient (Wildman–Crippen LogP) is 4.36. The maximum Gasteiger partial charge on any atom is 0.250 e. The summed E-state index contributed by atoms with van der Waals surface area (Å²) in [6.45, 7) is 0.366. The smallest absolute Gasteiger partial charge is 0.250 e. The van der Waals surface area contributed by atoms with Crippen molar-refractivity contribution in [3.8, 4) is 5.88 Å². The van der Waals surface area contributed by atoms with Crippen LogP contribution in [0.15, 0.2) is 48.9 Å². The Morgan fingerprint density at radius 2 is 2.11 bits per heavy atom. The van der Waals surface area contributed by atoms with Crippen LogP contribution < -0.4 is 10.1 Å². The van der Waals surface area contributed by atoms with Gasteiger partial charge >= 0.3 is 0 Å². The number of fused-ring (bicyclic) bond motifs is 1. The second-order valence-corrected chi connectivity index (χ2v) is 6.58. The van der Waals surface area contributed by atoms with Gasteiger partial charge in [0.2, 0.25) is 5.88 Å². The third-order valence-electron chi connectivity index (χ3n) is 4.37. The molecule has 4 aromatic heterocycles. The molecule has 6 nitrogen and oxygen atoms in total. The molecule has 0 aliphatic carbocycles. The van der Waals surface area contributed by atoms with Crippen LogP contribution in [0.25, 0.3) is 11.0 Å². The molecule has 0 saturated carbocycles. The molecule has 4 heterocycles. The molecule has 142 valence electrons. The number of anilines is 1. The van der Waals surface area contributed by atoms with E-state index in [4.69, 9.17) is 16.3 Å². The van der Waals surface area contributed by atoms with Crippen molar-refractivity contribution in [1.82, 2.24) is 19.9 Å². The fourth-order valence-electron chi connectivity index (χ4n) is 2.96. The highest BCUT2D eigenvalue weighted by atomic mass is 35.5. The first kappa shape index (κ1) is 18.2. The number of pyridine rings is 3. The summed E-state index contributed by atoms with van der Waals surface area (Å²) in [6, 6.07) is 9.08. The number of aromatic amines is 1. The van der Waals surface area contributed by atoms with Crippen LogP contribution in [-0.4, -0.2) is 27.0 Å². The summed E-state index contributed by atoms with van der Waals surface area (Å²) >= 11 is 6.38. The third kappa shape index (κ3) is 3.75. The minimum atomic E-state index is -0.503. The molecule has 8 heteroatoms. The largest absolute Gasteiger partial charge is 0.479 e. The van der Waals surface area contributed by atoms with Crippen LogP contribution in [0.2, 0.25) is 5.15 Å². The molecule has 0 unspecified atom stereocenters. The van der Waals surface area contributed by atoms with Gasteiger partial charge in [-0.3, -0.25) is 0 Å². The maximum atomic E-state index is 13.7. The summed E-state index contributed by atoms with van der Waals surface area (Å²) in [4.78, 5) is 15.8.